The summed E-state index contributed by atoms with van der Waals surface area (Å²) >= 11 is 6.06. The largest absolute Gasteiger partial charge is 0.466 e. The van der Waals surface area contributed by atoms with Crippen molar-refractivity contribution in [3.8, 4) is 11.1 Å². The van der Waals surface area contributed by atoms with Gasteiger partial charge in [0.15, 0.2) is 0 Å². The molecule has 146 valence electrons. The van der Waals surface area contributed by atoms with Crippen LogP contribution in [0.5, 0.6) is 0 Å². The minimum atomic E-state index is -0.328. The lowest BCUT2D eigenvalue weighted by Crippen LogP contribution is -2.32. The van der Waals surface area contributed by atoms with Gasteiger partial charge in [-0.3, -0.25) is 4.79 Å². The molecule has 2 rings (SSSR count). The number of halogens is 1. The first-order valence-electron chi connectivity index (χ1n) is 9.38. The predicted octanol–water partition coefficient (Wildman–Crippen LogP) is 4.48. The fraction of sp³-hybridized carbons (Fsp3) is 0.409. The molecule has 0 bridgehead atoms. The summed E-state index contributed by atoms with van der Waals surface area (Å²) in [6.07, 6.45) is 1.23. The Kier molecular flexibility index (Phi) is 8.79. The van der Waals surface area contributed by atoms with Crippen molar-refractivity contribution in [2.45, 2.75) is 32.7 Å². The van der Waals surface area contributed by atoms with Crippen LogP contribution in [0.25, 0.3) is 11.1 Å². The van der Waals surface area contributed by atoms with Crippen LogP contribution in [0.2, 0.25) is 5.02 Å². The van der Waals surface area contributed by atoms with Crippen LogP contribution in [0, 0.1) is 5.92 Å². The van der Waals surface area contributed by atoms with E-state index in [0.29, 0.717) is 32.7 Å². The Morgan fingerprint density at radius 1 is 1.07 bits per heavy atom. The minimum Gasteiger partial charge on any atom is -0.466 e. The summed E-state index contributed by atoms with van der Waals surface area (Å²) in [5.74, 6) is -0.566. The van der Waals surface area contributed by atoms with E-state index in [0.717, 1.165) is 21.7 Å². The van der Waals surface area contributed by atoms with Crippen LogP contribution >= 0.6 is 11.6 Å². The zero-order chi connectivity index (χ0) is 19.6. The average Bonchev–Trinajstić information content (AvgIpc) is 2.66. The molecule has 0 aliphatic carbocycles. The molecule has 0 fully saturated rings. The highest BCUT2D eigenvalue weighted by Crippen LogP contribution is 2.23. The van der Waals surface area contributed by atoms with Crippen LogP contribution in [-0.4, -0.2) is 31.8 Å². The van der Waals surface area contributed by atoms with Crippen molar-refractivity contribution >= 4 is 17.6 Å². The lowest BCUT2D eigenvalue weighted by Gasteiger charge is -2.19. The molecule has 0 aliphatic rings. The number of carbonyl (C=O) groups excluding carboxylic acids is 1. The SMILES string of the molecule is CCOCC(C[C@H](N)Cc1ccc(-c2cccc(Cl)c2)cc1)C(=O)OCC. The molecule has 0 radical (unpaired) electrons. The Morgan fingerprint density at radius 3 is 2.44 bits per heavy atom. The van der Waals surface area contributed by atoms with Gasteiger partial charge in [0.05, 0.1) is 19.1 Å². The maximum Gasteiger partial charge on any atom is 0.311 e. The fourth-order valence-corrected chi connectivity index (χ4v) is 3.20. The molecule has 0 saturated carbocycles. The molecule has 0 aromatic heterocycles. The summed E-state index contributed by atoms with van der Waals surface area (Å²) in [6, 6.07) is 15.9. The maximum atomic E-state index is 12.1. The van der Waals surface area contributed by atoms with Gasteiger partial charge in [-0.25, -0.2) is 0 Å². The normalized spacial score (nSPS) is 13.2. The van der Waals surface area contributed by atoms with Gasteiger partial charge < -0.3 is 15.2 Å². The summed E-state index contributed by atoms with van der Waals surface area (Å²) in [6.45, 7) is 4.98. The maximum absolute atomic E-state index is 12.1. The second-order valence-corrected chi connectivity index (χ2v) is 6.95. The smallest absolute Gasteiger partial charge is 0.311 e. The molecule has 1 unspecified atom stereocenters. The van der Waals surface area contributed by atoms with Crippen LogP contribution in [0.3, 0.4) is 0 Å². The van der Waals surface area contributed by atoms with E-state index in [9.17, 15) is 4.79 Å². The zero-order valence-electron chi connectivity index (χ0n) is 16.0. The van der Waals surface area contributed by atoms with Gasteiger partial charge in [0.1, 0.15) is 0 Å². The third kappa shape index (κ3) is 6.98. The topological polar surface area (TPSA) is 61.5 Å². The summed E-state index contributed by atoms with van der Waals surface area (Å²) in [4.78, 5) is 12.1. The molecule has 2 aromatic rings. The van der Waals surface area contributed by atoms with Crippen molar-refractivity contribution in [2.24, 2.45) is 11.7 Å². The number of benzene rings is 2. The molecule has 2 atom stereocenters. The van der Waals surface area contributed by atoms with E-state index >= 15 is 0 Å². The van der Waals surface area contributed by atoms with Gasteiger partial charge in [0.2, 0.25) is 0 Å². The lowest BCUT2D eigenvalue weighted by molar-refractivity contribution is -0.150. The first-order chi connectivity index (χ1) is 13.0. The Bertz CT molecular complexity index is 718. The molecule has 0 saturated heterocycles. The van der Waals surface area contributed by atoms with Crippen molar-refractivity contribution in [1.29, 1.82) is 0 Å². The Balaban J connectivity index is 1.97. The van der Waals surface area contributed by atoms with Crippen LogP contribution in [-0.2, 0) is 20.7 Å². The minimum absolute atomic E-state index is 0.142. The third-order valence-corrected chi connectivity index (χ3v) is 4.58. The van der Waals surface area contributed by atoms with E-state index in [1.807, 2.05) is 31.2 Å². The van der Waals surface area contributed by atoms with Crippen molar-refractivity contribution < 1.29 is 14.3 Å². The van der Waals surface area contributed by atoms with E-state index in [1.54, 1.807) is 6.92 Å². The molecule has 2 N–H and O–H groups in total. The standard InChI is InChI=1S/C22H28ClNO3/c1-3-26-15-19(22(25)27-4-2)14-21(24)12-16-8-10-17(11-9-16)18-6-5-7-20(23)13-18/h5-11,13,19,21H,3-4,12,14-15,24H2,1-2H3/t19?,21-/m1/s1. The highest BCUT2D eigenvalue weighted by molar-refractivity contribution is 6.30. The first-order valence-corrected chi connectivity index (χ1v) is 9.76. The van der Waals surface area contributed by atoms with Crippen LogP contribution < -0.4 is 5.73 Å². The molecule has 4 nitrogen and oxygen atoms in total. The summed E-state index contributed by atoms with van der Waals surface area (Å²) in [5.41, 5.74) is 9.62. The quantitative estimate of drug-likeness (QED) is 0.608. The number of hydrogen-bond acceptors (Lipinski definition) is 4. The van der Waals surface area contributed by atoms with E-state index in [4.69, 9.17) is 26.8 Å². The second-order valence-electron chi connectivity index (χ2n) is 6.52. The van der Waals surface area contributed by atoms with Gasteiger partial charge in [-0.15, -0.1) is 0 Å². The van der Waals surface area contributed by atoms with Gasteiger partial charge in [0.25, 0.3) is 0 Å². The van der Waals surface area contributed by atoms with E-state index in [2.05, 4.69) is 24.3 Å². The molecular formula is C22H28ClNO3. The molecule has 27 heavy (non-hydrogen) atoms. The molecule has 5 heteroatoms. The number of rotatable bonds is 10. The van der Waals surface area contributed by atoms with Crippen molar-refractivity contribution in [1.82, 2.24) is 0 Å². The highest BCUT2D eigenvalue weighted by atomic mass is 35.5. The van der Waals surface area contributed by atoms with Crippen LogP contribution in [0.1, 0.15) is 25.8 Å². The molecule has 0 spiro atoms. The Morgan fingerprint density at radius 2 is 1.81 bits per heavy atom. The number of carbonyl (C=O) groups is 1. The predicted molar refractivity (Wildman–Crippen MR) is 110 cm³/mol. The molecule has 0 heterocycles. The van der Waals surface area contributed by atoms with Crippen molar-refractivity contribution in [3.05, 3.63) is 59.1 Å². The van der Waals surface area contributed by atoms with E-state index in [-0.39, 0.29) is 17.9 Å². The van der Waals surface area contributed by atoms with E-state index < -0.39 is 0 Å². The Hall–Kier alpha value is -1.88. The fourth-order valence-electron chi connectivity index (χ4n) is 3.01. The molecule has 0 amide bonds. The second kappa shape index (κ2) is 11.1. The van der Waals surface area contributed by atoms with Gasteiger partial charge in [0, 0.05) is 17.7 Å². The molecule has 0 aliphatic heterocycles. The average molecular weight is 390 g/mol. The zero-order valence-corrected chi connectivity index (χ0v) is 16.7. The summed E-state index contributed by atoms with van der Waals surface area (Å²) < 4.78 is 10.6. The monoisotopic (exact) mass is 389 g/mol. The third-order valence-electron chi connectivity index (χ3n) is 4.34. The van der Waals surface area contributed by atoms with Crippen LogP contribution in [0.4, 0.5) is 0 Å². The lowest BCUT2D eigenvalue weighted by atomic mass is 9.95. The molecule has 2 aromatic carbocycles. The van der Waals surface area contributed by atoms with Crippen molar-refractivity contribution in [2.75, 3.05) is 19.8 Å². The highest BCUT2D eigenvalue weighted by Gasteiger charge is 2.23. The number of nitrogens with two attached hydrogens (primary N) is 1. The van der Waals surface area contributed by atoms with Crippen molar-refractivity contribution in [3.63, 3.8) is 0 Å². The van der Waals surface area contributed by atoms with Crippen LogP contribution in [0.15, 0.2) is 48.5 Å². The molecular weight excluding hydrogens is 362 g/mol. The summed E-state index contributed by atoms with van der Waals surface area (Å²) in [7, 11) is 0. The van der Waals surface area contributed by atoms with Gasteiger partial charge in [-0.2, -0.15) is 0 Å². The number of esters is 1. The van der Waals surface area contributed by atoms with Gasteiger partial charge in [-0.1, -0.05) is 48.0 Å². The Labute approximate surface area is 166 Å². The first kappa shape index (κ1) is 21.4. The number of ether oxygens (including phenoxy) is 2. The van der Waals surface area contributed by atoms with Gasteiger partial charge in [-0.05, 0) is 55.5 Å². The summed E-state index contributed by atoms with van der Waals surface area (Å²) in [5, 5.41) is 0.720. The van der Waals surface area contributed by atoms with Gasteiger partial charge >= 0.3 is 5.97 Å². The van der Waals surface area contributed by atoms with E-state index in [1.165, 1.54) is 0 Å². The number of hydrogen-bond donors (Lipinski definition) is 1.